The highest BCUT2D eigenvalue weighted by Crippen LogP contribution is 2.45. The van der Waals surface area contributed by atoms with E-state index >= 15 is 0 Å². The maximum atomic E-state index is 13.6. The van der Waals surface area contributed by atoms with E-state index in [0.29, 0.717) is 11.1 Å². The fraction of sp³-hybridized carbons (Fsp3) is 0.375. The van der Waals surface area contributed by atoms with E-state index in [2.05, 4.69) is 0 Å². The second-order valence-corrected chi connectivity index (χ2v) is 8.49. The van der Waals surface area contributed by atoms with E-state index < -0.39 is 17.1 Å². The number of esters is 1. The van der Waals surface area contributed by atoms with Crippen LogP contribution in [-0.4, -0.2) is 28.2 Å². The van der Waals surface area contributed by atoms with Crippen molar-refractivity contribution in [2.45, 2.75) is 58.2 Å². The number of carbonyl (C=O) groups excluding carboxylic acids is 3. The first-order valence-corrected chi connectivity index (χ1v) is 9.83. The van der Waals surface area contributed by atoms with Crippen LogP contribution in [-0.2, 0) is 26.4 Å². The average Bonchev–Trinajstić information content (AvgIpc) is 2.89. The van der Waals surface area contributed by atoms with Crippen LogP contribution in [0.5, 0.6) is 0 Å². The number of rotatable bonds is 6. The molecule has 0 aromatic heterocycles. The van der Waals surface area contributed by atoms with Crippen molar-refractivity contribution < 1.29 is 19.1 Å². The maximum Gasteiger partial charge on any atom is 0.337 e. The van der Waals surface area contributed by atoms with Crippen LogP contribution in [0.3, 0.4) is 0 Å². The Morgan fingerprint density at radius 1 is 1.00 bits per heavy atom. The summed E-state index contributed by atoms with van der Waals surface area (Å²) in [4.78, 5) is 40.4. The first kappa shape index (κ1) is 20.8. The van der Waals surface area contributed by atoms with E-state index in [-0.39, 0.29) is 31.1 Å². The van der Waals surface area contributed by atoms with Crippen LogP contribution in [0.4, 0.5) is 0 Å². The largest absolute Gasteiger partial charge is 0.458 e. The molecule has 0 N–H and O–H groups in total. The molecular formula is C24H27NO4. The Morgan fingerprint density at radius 3 is 2.24 bits per heavy atom. The fourth-order valence-corrected chi connectivity index (χ4v) is 3.78. The van der Waals surface area contributed by atoms with Gasteiger partial charge < -0.3 is 14.4 Å². The van der Waals surface area contributed by atoms with Gasteiger partial charge in [-0.1, -0.05) is 48.5 Å². The van der Waals surface area contributed by atoms with Gasteiger partial charge in [-0.15, -0.1) is 0 Å². The zero-order chi connectivity index (χ0) is 21.2. The van der Waals surface area contributed by atoms with Gasteiger partial charge in [0, 0.05) is 24.1 Å². The van der Waals surface area contributed by atoms with E-state index in [1.165, 1.54) is 6.92 Å². The predicted octanol–water partition coefficient (Wildman–Crippen LogP) is 4.25. The van der Waals surface area contributed by atoms with E-state index in [1.807, 2.05) is 36.4 Å². The van der Waals surface area contributed by atoms with Crippen molar-refractivity contribution >= 4 is 17.7 Å². The Morgan fingerprint density at radius 2 is 1.62 bits per heavy atom. The lowest BCUT2D eigenvalue weighted by Crippen LogP contribution is -2.52. The molecule has 0 radical (unpaired) electrons. The molecule has 1 aliphatic heterocycles. The van der Waals surface area contributed by atoms with Gasteiger partial charge in [0.15, 0.2) is 5.54 Å². The molecule has 1 unspecified atom stereocenters. The minimum Gasteiger partial charge on any atom is -0.458 e. The van der Waals surface area contributed by atoms with Gasteiger partial charge in [-0.05, 0) is 45.7 Å². The molecule has 0 saturated carbocycles. The summed E-state index contributed by atoms with van der Waals surface area (Å²) in [6, 6.07) is 16.7. The first-order chi connectivity index (χ1) is 13.6. The van der Waals surface area contributed by atoms with Gasteiger partial charge in [0.2, 0.25) is 0 Å². The van der Waals surface area contributed by atoms with Crippen LogP contribution >= 0.6 is 0 Å². The third kappa shape index (κ3) is 4.09. The Bertz CT molecular complexity index is 929. The molecule has 29 heavy (non-hydrogen) atoms. The highest BCUT2D eigenvalue weighted by molar-refractivity contribution is 6.06. The average molecular weight is 393 g/mol. The van der Waals surface area contributed by atoms with E-state index in [0.717, 1.165) is 5.56 Å². The number of fused-ring (bicyclic) bond motifs is 1. The minimum absolute atomic E-state index is 0.0376. The van der Waals surface area contributed by atoms with Gasteiger partial charge in [-0.25, -0.2) is 4.79 Å². The summed E-state index contributed by atoms with van der Waals surface area (Å²) in [5.41, 5.74) is -0.0550. The summed E-state index contributed by atoms with van der Waals surface area (Å²) in [6.45, 7) is 7.15. The van der Waals surface area contributed by atoms with Crippen LogP contribution in [0.2, 0.25) is 0 Å². The molecule has 1 heterocycles. The lowest BCUT2D eigenvalue weighted by atomic mass is 9.84. The van der Waals surface area contributed by atoms with Crippen molar-refractivity contribution in [1.29, 1.82) is 0 Å². The number of Topliss-reactive ketones (excluding diaryl/α,β-unsaturated/α-hetero) is 1. The van der Waals surface area contributed by atoms with Crippen molar-refractivity contribution in [1.82, 2.24) is 4.90 Å². The molecule has 2 aromatic rings. The van der Waals surface area contributed by atoms with Crippen LogP contribution in [0.15, 0.2) is 54.6 Å². The van der Waals surface area contributed by atoms with Gasteiger partial charge in [0.05, 0.1) is 0 Å². The normalized spacial score (nSPS) is 18.5. The Labute approximate surface area is 171 Å². The van der Waals surface area contributed by atoms with Gasteiger partial charge in [0.1, 0.15) is 11.4 Å². The van der Waals surface area contributed by atoms with Crippen LogP contribution in [0.1, 0.15) is 62.0 Å². The van der Waals surface area contributed by atoms with Crippen LogP contribution < -0.4 is 0 Å². The second-order valence-electron chi connectivity index (χ2n) is 8.49. The third-order valence-electron chi connectivity index (χ3n) is 5.07. The van der Waals surface area contributed by atoms with E-state index in [4.69, 9.17) is 4.74 Å². The molecule has 3 rings (SSSR count). The Balaban J connectivity index is 2.16. The standard InChI is InChI=1S/C24H27NO4/c1-17(26)14-15-24(22(28)29-23(2,3)4)20-13-9-8-12-19(20)21(27)25(24)16-18-10-6-5-7-11-18/h5-13H,14-16H2,1-4H3. The van der Waals surface area contributed by atoms with Crippen molar-refractivity contribution in [3.63, 3.8) is 0 Å². The second kappa shape index (κ2) is 7.82. The number of ketones is 1. The lowest BCUT2D eigenvalue weighted by molar-refractivity contribution is -0.169. The van der Waals surface area contributed by atoms with Crippen molar-refractivity contribution in [2.75, 3.05) is 0 Å². The van der Waals surface area contributed by atoms with Gasteiger partial charge >= 0.3 is 5.97 Å². The van der Waals surface area contributed by atoms with Gasteiger partial charge in [-0.3, -0.25) is 4.79 Å². The molecule has 5 nitrogen and oxygen atoms in total. The van der Waals surface area contributed by atoms with Crippen LogP contribution in [0, 0.1) is 0 Å². The van der Waals surface area contributed by atoms with E-state index in [1.54, 1.807) is 43.9 Å². The number of amides is 1. The molecule has 0 bridgehead atoms. The number of carbonyl (C=O) groups is 3. The molecular weight excluding hydrogens is 366 g/mol. The number of hydrogen-bond donors (Lipinski definition) is 0. The summed E-state index contributed by atoms with van der Waals surface area (Å²) in [5, 5.41) is 0. The Hall–Kier alpha value is -2.95. The molecule has 0 aliphatic carbocycles. The summed E-state index contributed by atoms with van der Waals surface area (Å²) >= 11 is 0. The molecule has 0 saturated heterocycles. The van der Waals surface area contributed by atoms with Gasteiger partial charge in [-0.2, -0.15) is 0 Å². The predicted molar refractivity (Wildman–Crippen MR) is 110 cm³/mol. The molecule has 1 aliphatic rings. The highest BCUT2D eigenvalue weighted by atomic mass is 16.6. The first-order valence-electron chi connectivity index (χ1n) is 9.83. The zero-order valence-electron chi connectivity index (χ0n) is 17.4. The molecule has 1 amide bonds. The number of nitrogens with zero attached hydrogens (tertiary/aromatic N) is 1. The van der Waals surface area contributed by atoms with Gasteiger partial charge in [0.25, 0.3) is 5.91 Å². The number of ether oxygens (including phenoxy) is 1. The van der Waals surface area contributed by atoms with Crippen LogP contribution in [0.25, 0.3) is 0 Å². The van der Waals surface area contributed by atoms with Crippen molar-refractivity contribution in [2.24, 2.45) is 0 Å². The summed E-state index contributed by atoms with van der Waals surface area (Å²) in [5.74, 6) is -0.760. The molecule has 2 aromatic carbocycles. The molecule has 5 heteroatoms. The SMILES string of the molecule is CC(=O)CCC1(C(=O)OC(C)(C)C)c2ccccc2C(=O)N1Cc1ccccc1. The lowest BCUT2D eigenvalue weighted by Gasteiger charge is -2.39. The minimum atomic E-state index is -1.33. The van der Waals surface area contributed by atoms with Crippen molar-refractivity contribution in [3.05, 3.63) is 71.3 Å². The highest BCUT2D eigenvalue weighted by Gasteiger charge is 2.56. The summed E-state index contributed by atoms with van der Waals surface area (Å²) < 4.78 is 5.79. The monoisotopic (exact) mass is 393 g/mol. The fourth-order valence-electron chi connectivity index (χ4n) is 3.78. The molecule has 0 spiro atoms. The van der Waals surface area contributed by atoms with Crippen molar-refractivity contribution in [3.8, 4) is 0 Å². The zero-order valence-corrected chi connectivity index (χ0v) is 17.4. The summed E-state index contributed by atoms with van der Waals surface area (Å²) in [6.07, 6.45) is 0.360. The topological polar surface area (TPSA) is 63.7 Å². The van der Waals surface area contributed by atoms with E-state index in [9.17, 15) is 14.4 Å². The Kier molecular flexibility index (Phi) is 5.60. The third-order valence-corrected chi connectivity index (χ3v) is 5.07. The quantitative estimate of drug-likeness (QED) is 0.689. The maximum absolute atomic E-state index is 13.6. The smallest absolute Gasteiger partial charge is 0.337 e. The number of hydrogen-bond acceptors (Lipinski definition) is 4. The number of benzene rings is 2. The summed E-state index contributed by atoms with van der Waals surface area (Å²) in [7, 11) is 0. The molecule has 1 atom stereocenters. The molecule has 0 fully saturated rings. The molecule has 152 valence electrons.